The number of hydrogen-bond donors (Lipinski definition) is 2. The first kappa shape index (κ1) is 11.7. The maximum absolute atomic E-state index is 13.4. The molecule has 1 aromatic rings. The summed E-state index contributed by atoms with van der Waals surface area (Å²) in [4.78, 5) is 13.3. The van der Waals surface area contributed by atoms with Crippen LogP contribution in [0.5, 0.6) is 0 Å². The highest BCUT2D eigenvalue weighted by atomic mass is 19.1. The van der Waals surface area contributed by atoms with Crippen LogP contribution in [0.3, 0.4) is 0 Å². The highest BCUT2D eigenvalue weighted by Gasteiger charge is 2.17. The van der Waals surface area contributed by atoms with Gasteiger partial charge in [0.05, 0.1) is 18.9 Å². The predicted octanol–water partition coefficient (Wildman–Crippen LogP) is 1.27. The Labute approximate surface area is 98.3 Å². The minimum atomic E-state index is -0.536. The Hall–Kier alpha value is -1.82. The summed E-state index contributed by atoms with van der Waals surface area (Å²) in [5.74, 6) is -0.536. The van der Waals surface area contributed by atoms with Crippen molar-refractivity contribution < 1.29 is 13.9 Å². The van der Waals surface area contributed by atoms with Crippen LogP contribution in [0.15, 0.2) is 18.2 Å². The molecule has 0 aliphatic carbocycles. The fraction of sp³-hybridized carbons (Fsp3) is 0.364. The van der Waals surface area contributed by atoms with E-state index in [1.54, 1.807) is 4.90 Å². The van der Waals surface area contributed by atoms with E-state index in [-0.39, 0.29) is 11.7 Å². The normalized spacial score (nSPS) is 15.7. The minimum absolute atomic E-state index is 0.135. The van der Waals surface area contributed by atoms with Crippen LogP contribution in [0, 0.1) is 5.82 Å². The van der Waals surface area contributed by atoms with Crippen molar-refractivity contribution in [3.8, 4) is 0 Å². The van der Waals surface area contributed by atoms with E-state index in [0.717, 1.165) is 0 Å². The van der Waals surface area contributed by atoms with Crippen molar-refractivity contribution in [3.63, 3.8) is 0 Å². The highest BCUT2D eigenvalue weighted by Crippen LogP contribution is 2.17. The molecule has 1 saturated heterocycles. The zero-order chi connectivity index (χ0) is 12.3. The van der Waals surface area contributed by atoms with Gasteiger partial charge in [-0.15, -0.1) is 0 Å². The Kier molecular flexibility index (Phi) is 3.43. The number of ether oxygens (including phenoxy) is 1. The molecule has 17 heavy (non-hydrogen) atoms. The molecule has 0 spiro atoms. The molecule has 1 aliphatic rings. The molecule has 1 aliphatic heterocycles. The van der Waals surface area contributed by atoms with E-state index in [4.69, 9.17) is 10.5 Å². The molecule has 2 amide bonds. The third-order valence-corrected chi connectivity index (χ3v) is 2.53. The van der Waals surface area contributed by atoms with Crippen molar-refractivity contribution in [3.05, 3.63) is 24.0 Å². The minimum Gasteiger partial charge on any atom is -0.399 e. The molecule has 2 rings (SSSR count). The maximum atomic E-state index is 13.4. The van der Waals surface area contributed by atoms with Crippen LogP contribution in [0.2, 0.25) is 0 Å². The highest BCUT2D eigenvalue weighted by molar-refractivity contribution is 5.89. The van der Waals surface area contributed by atoms with Crippen molar-refractivity contribution in [2.24, 2.45) is 0 Å². The lowest BCUT2D eigenvalue weighted by atomic mass is 10.2. The number of nitrogens with zero attached hydrogens (tertiary/aromatic N) is 1. The monoisotopic (exact) mass is 239 g/mol. The standard InChI is InChI=1S/C11H14FN3O2/c12-9-7-8(13)1-2-10(9)14-11(16)15-3-5-17-6-4-15/h1-2,7H,3-6,13H2,(H,14,16). The summed E-state index contributed by atoms with van der Waals surface area (Å²) in [6.45, 7) is 2.06. The lowest BCUT2D eigenvalue weighted by Crippen LogP contribution is -2.43. The predicted molar refractivity (Wildman–Crippen MR) is 62.2 cm³/mol. The number of hydrogen-bond acceptors (Lipinski definition) is 3. The molecule has 0 bridgehead atoms. The number of carbonyl (C=O) groups is 1. The van der Waals surface area contributed by atoms with Gasteiger partial charge in [-0.2, -0.15) is 0 Å². The third kappa shape index (κ3) is 2.85. The lowest BCUT2D eigenvalue weighted by molar-refractivity contribution is 0.0564. The van der Waals surface area contributed by atoms with Crippen molar-refractivity contribution in [1.29, 1.82) is 0 Å². The number of carbonyl (C=O) groups excluding carboxylic acids is 1. The summed E-state index contributed by atoms with van der Waals surface area (Å²) in [7, 11) is 0. The molecule has 3 N–H and O–H groups in total. The maximum Gasteiger partial charge on any atom is 0.322 e. The Morgan fingerprint density at radius 3 is 2.76 bits per heavy atom. The lowest BCUT2D eigenvalue weighted by Gasteiger charge is -2.27. The van der Waals surface area contributed by atoms with Gasteiger partial charge in [0.25, 0.3) is 0 Å². The van der Waals surface area contributed by atoms with Crippen molar-refractivity contribution >= 4 is 17.4 Å². The first-order valence-corrected chi connectivity index (χ1v) is 5.35. The van der Waals surface area contributed by atoms with Crippen molar-refractivity contribution in [1.82, 2.24) is 4.90 Å². The SMILES string of the molecule is Nc1ccc(NC(=O)N2CCOCC2)c(F)c1. The van der Waals surface area contributed by atoms with Crippen LogP contribution < -0.4 is 11.1 Å². The molecule has 0 aromatic heterocycles. The molecule has 0 saturated carbocycles. The summed E-state index contributed by atoms with van der Waals surface area (Å²) in [5, 5.41) is 2.51. The number of nitrogen functional groups attached to an aromatic ring is 1. The molecule has 5 nitrogen and oxygen atoms in total. The summed E-state index contributed by atoms with van der Waals surface area (Å²) >= 11 is 0. The Morgan fingerprint density at radius 2 is 2.12 bits per heavy atom. The van der Waals surface area contributed by atoms with Crippen molar-refractivity contribution in [2.75, 3.05) is 37.4 Å². The van der Waals surface area contributed by atoms with E-state index >= 15 is 0 Å². The van der Waals surface area contributed by atoms with Gasteiger partial charge in [0.1, 0.15) is 5.82 Å². The zero-order valence-corrected chi connectivity index (χ0v) is 9.28. The summed E-state index contributed by atoms with van der Waals surface area (Å²) in [5.41, 5.74) is 5.88. The van der Waals surface area contributed by atoms with Gasteiger partial charge in [-0.05, 0) is 18.2 Å². The number of morpholine rings is 1. The van der Waals surface area contributed by atoms with Gasteiger partial charge in [0, 0.05) is 18.8 Å². The van der Waals surface area contributed by atoms with Crippen LogP contribution in [0.4, 0.5) is 20.6 Å². The molecule has 6 heteroatoms. The fourth-order valence-electron chi connectivity index (χ4n) is 1.59. The number of nitrogens with one attached hydrogen (secondary N) is 1. The molecule has 0 atom stereocenters. The van der Waals surface area contributed by atoms with Crippen LogP contribution in [0.25, 0.3) is 0 Å². The summed E-state index contributed by atoms with van der Waals surface area (Å²) in [6, 6.07) is 3.84. The number of urea groups is 1. The number of benzene rings is 1. The molecule has 92 valence electrons. The van der Waals surface area contributed by atoms with Crippen LogP contribution in [-0.2, 0) is 4.74 Å². The van der Waals surface area contributed by atoms with Gasteiger partial charge in [-0.1, -0.05) is 0 Å². The zero-order valence-electron chi connectivity index (χ0n) is 9.28. The molecular weight excluding hydrogens is 225 g/mol. The van der Waals surface area contributed by atoms with Gasteiger partial charge >= 0.3 is 6.03 Å². The number of nitrogens with two attached hydrogens (primary N) is 1. The first-order valence-electron chi connectivity index (χ1n) is 5.35. The second kappa shape index (κ2) is 5.01. The molecule has 1 heterocycles. The third-order valence-electron chi connectivity index (χ3n) is 2.53. The van der Waals surface area contributed by atoms with Gasteiger partial charge in [-0.25, -0.2) is 9.18 Å². The van der Waals surface area contributed by atoms with Crippen molar-refractivity contribution in [2.45, 2.75) is 0 Å². The van der Waals surface area contributed by atoms with Gasteiger partial charge in [0.15, 0.2) is 0 Å². The average Bonchev–Trinajstić information content (AvgIpc) is 2.34. The van der Waals surface area contributed by atoms with E-state index in [1.807, 2.05) is 0 Å². The van der Waals surface area contributed by atoms with Gasteiger partial charge in [-0.3, -0.25) is 0 Å². The Morgan fingerprint density at radius 1 is 1.41 bits per heavy atom. The second-order valence-electron chi connectivity index (χ2n) is 3.77. The first-order chi connectivity index (χ1) is 8.16. The number of anilines is 2. The molecule has 1 fully saturated rings. The van der Waals surface area contributed by atoms with Crippen LogP contribution >= 0.6 is 0 Å². The molecular formula is C11H14FN3O2. The quantitative estimate of drug-likeness (QED) is 0.725. The molecule has 1 aromatic carbocycles. The second-order valence-corrected chi connectivity index (χ2v) is 3.77. The largest absolute Gasteiger partial charge is 0.399 e. The Balaban J connectivity index is 2.02. The van der Waals surface area contributed by atoms with E-state index in [9.17, 15) is 9.18 Å². The molecule has 0 unspecified atom stereocenters. The summed E-state index contributed by atoms with van der Waals surface area (Å²) < 4.78 is 18.6. The molecule has 0 radical (unpaired) electrons. The van der Waals surface area contributed by atoms with E-state index in [2.05, 4.69) is 5.32 Å². The van der Waals surface area contributed by atoms with Crippen LogP contribution in [0.1, 0.15) is 0 Å². The summed E-state index contributed by atoms with van der Waals surface area (Å²) in [6.07, 6.45) is 0. The fourth-order valence-corrected chi connectivity index (χ4v) is 1.59. The number of rotatable bonds is 1. The van der Waals surface area contributed by atoms with E-state index in [0.29, 0.717) is 32.0 Å². The van der Waals surface area contributed by atoms with E-state index in [1.165, 1.54) is 18.2 Å². The van der Waals surface area contributed by atoms with Gasteiger partial charge < -0.3 is 20.7 Å². The van der Waals surface area contributed by atoms with Crippen LogP contribution in [-0.4, -0.2) is 37.2 Å². The van der Waals surface area contributed by atoms with E-state index < -0.39 is 5.82 Å². The number of amides is 2. The average molecular weight is 239 g/mol. The topological polar surface area (TPSA) is 67.6 Å². The number of halogens is 1. The van der Waals surface area contributed by atoms with Gasteiger partial charge in [0.2, 0.25) is 0 Å². The smallest absolute Gasteiger partial charge is 0.322 e. The Bertz CT molecular complexity index is 419.